The molecule has 3 N–H and O–H groups in total. The zero-order valence-electron chi connectivity index (χ0n) is 10.9. The molecule has 0 radical (unpaired) electrons. The van der Waals surface area contributed by atoms with E-state index in [1.807, 2.05) is 0 Å². The molecular formula is C12H16ClNO5. The number of ether oxygens (including phenoxy) is 3. The second-order valence-corrected chi connectivity index (χ2v) is 4.13. The van der Waals surface area contributed by atoms with Crippen molar-refractivity contribution in [1.29, 1.82) is 0 Å². The lowest BCUT2D eigenvalue weighted by molar-refractivity contribution is -0.138. The van der Waals surface area contributed by atoms with Crippen LogP contribution in [0.4, 0.5) is 0 Å². The van der Waals surface area contributed by atoms with E-state index in [1.54, 1.807) is 6.07 Å². The minimum Gasteiger partial charge on any atom is -0.495 e. The molecule has 0 amide bonds. The van der Waals surface area contributed by atoms with Gasteiger partial charge in [-0.15, -0.1) is 0 Å². The van der Waals surface area contributed by atoms with E-state index in [0.717, 1.165) is 0 Å². The van der Waals surface area contributed by atoms with Crippen molar-refractivity contribution in [3.05, 3.63) is 16.7 Å². The van der Waals surface area contributed by atoms with Crippen LogP contribution in [0.2, 0.25) is 5.02 Å². The first-order chi connectivity index (χ1) is 8.96. The molecule has 6 nitrogen and oxygen atoms in total. The number of aliphatic carboxylic acids is 1. The highest BCUT2D eigenvalue weighted by Crippen LogP contribution is 2.42. The normalized spacial score (nSPS) is 11.8. The molecule has 0 aliphatic rings. The molecule has 1 rings (SSSR count). The molecule has 0 aliphatic carbocycles. The number of rotatable bonds is 6. The van der Waals surface area contributed by atoms with Crippen molar-refractivity contribution in [1.82, 2.24) is 0 Å². The van der Waals surface area contributed by atoms with Crippen LogP contribution in [0.15, 0.2) is 6.07 Å². The lowest BCUT2D eigenvalue weighted by Crippen LogP contribution is -2.32. The Labute approximate surface area is 116 Å². The molecule has 7 heteroatoms. The number of hydrogen-bond donors (Lipinski definition) is 2. The first-order valence-corrected chi connectivity index (χ1v) is 5.79. The molecule has 0 saturated heterocycles. The second kappa shape index (κ2) is 6.49. The third-order valence-electron chi connectivity index (χ3n) is 2.63. The molecule has 1 aromatic rings. The first kappa shape index (κ1) is 15.4. The first-order valence-electron chi connectivity index (χ1n) is 5.41. The molecule has 0 spiro atoms. The summed E-state index contributed by atoms with van der Waals surface area (Å²) in [6, 6.07) is 0.472. The monoisotopic (exact) mass is 289 g/mol. The van der Waals surface area contributed by atoms with Crippen LogP contribution < -0.4 is 19.9 Å². The highest BCUT2D eigenvalue weighted by Gasteiger charge is 2.23. The maximum absolute atomic E-state index is 10.9. The van der Waals surface area contributed by atoms with Gasteiger partial charge in [-0.3, -0.25) is 4.79 Å². The third kappa shape index (κ3) is 3.21. The number of methoxy groups -OCH3 is 3. The predicted octanol–water partition coefficient (Wildman–Crippen LogP) is 1.32. The molecule has 1 aromatic carbocycles. The second-order valence-electron chi connectivity index (χ2n) is 3.76. The maximum Gasteiger partial charge on any atom is 0.320 e. The molecule has 106 valence electrons. The van der Waals surface area contributed by atoms with E-state index < -0.39 is 12.0 Å². The molecule has 19 heavy (non-hydrogen) atoms. The Hall–Kier alpha value is -1.66. The van der Waals surface area contributed by atoms with Crippen molar-refractivity contribution in [2.24, 2.45) is 5.73 Å². The number of carboxylic acids is 1. The summed E-state index contributed by atoms with van der Waals surface area (Å²) in [6.07, 6.45) is 0.00486. The van der Waals surface area contributed by atoms with Crippen LogP contribution in [0.1, 0.15) is 5.56 Å². The average Bonchev–Trinajstić information content (AvgIpc) is 2.40. The van der Waals surface area contributed by atoms with Crippen LogP contribution in [-0.2, 0) is 11.2 Å². The van der Waals surface area contributed by atoms with Crippen LogP contribution >= 0.6 is 11.6 Å². The van der Waals surface area contributed by atoms with Crippen LogP contribution in [-0.4, -0.2) is 38.4 Å². The molecule has 1 atom stereocenters. The van der Waals surface area contributed by atoms with Crippen molar-refractivity contribution in [3.63, 3.8) is 0 Å². The number of carboxylic acid groups (broad SMARTS) is 1. The fourth-order valence-electron chi connectivity index (χ4n) is 1.66. The van der Waals surface area contributed by atoms with Gasteiger partial charge in [0.15, 0.2) is 11.5 Å². The van der Waals surface area contributed by atoms with Crippen LogP contribution in [0.3, 0.4) is 0 Å². The average molecular weight is 290 g/mol. The van der Waals surface area contributed by atoms with Crippen LogP contribution in [0.5, 0.6) is 17.2 Å². The van der Waals surface area contributed by atoms with E-state index in [0.29, 0.717) is 22.8 Å². The summed E-state index contributed by atoms with van der Waals surface area (Å²) < 4.78 is 15.5. The molecule has 0 heterocycles. The number of benzene rings is 1. The van der Waals surface area contributed by atoms with Crippen molar-refractivity contribution >= 4 is 17.6 Å². The fraction of sp³-hybridized carbons (Fsp3) is 0.417. The van der Waals surface area contributed by atoms with Gasteiger partial charge in [0.2, 0.25) is 0 Å². The summed E-state index contributed by atoms with van der Waals surface area (Å²) in [5, 5.41) is 9.14. The summed E-state index contributed by atoms with van der Waals surface area (Å²) in [6.45, 7) is 0. The zero-order chi connectivity index (χ0) is 14.6. The molecule has 0 fully saturated rings. The van der Waals surface area contributed by atoms with E-state index in [2.05, 4.69) is 0 Å². The highest BCUT2D eigenvalue weighted by molar-refractivity contribution is 6.33. The van der Waals surface area contributed by atoms with Gasteiger partial charge in [-0.25, -0.2) is 0 Å². The van der Waals surface area contributed by atoms with Crippen molar-refractivity contribution in [2.45, 2.75) is 12.5 Å². The van der Waals surface area contributed by atoms with Gasteiger partial charge >= 0.3 is 5.97 Å². The van der Waals surface area contributed by atoms with E-state index in [1.165, 1.54) is 21.3 Å². The van der Waals surface area contributed by atoms with Gasteiger partial charge in [-0.05, 0) is 0 Å². The van der Waals surface area contributed by atoms with Gasteiger partial charge in [0.1, 0.15) is 11.8 Å². The third-order valence-corrected chi connectivity index (χ3v) is 3.04. The van der Waals surface area contributed by atoms with Gasteiger partial charge in [0.05, 0.1) is 26.4 Å². The molecule has 0 aromatic heterocycles. The molecule has 1 unspecified atom stereocenters. The summed E-state index contributed by atoms with van der Waals surface area (Å²) in [7, 11) is 4.36. The Morgan fingerprint density at radius 3 is 2.32 bits per heavy atom. The van der Waals surface area contributed by atoms with Crippen molar-refractivity contribution in [2.75, 3.05) is 21.3 Å². The Kier molecular flexibility index (Phi) is 5.26. The number of nitrogens with two attached hydrogens (primary N) is 1. The van der Waals surface area contributed by atoms with Gasteiger partial charge in [-0.2, -0.15) is 0 Å². The summed E-state index contributed by atoms with van der Waals surface area (Å²) in [5.74, 6) is -0.00634. The van der Waals surface area contributed by atoms with Crippen LogP contribution in [0, 0.1) is 0 Å². The quantitative estimate of drug-likeness (QED) is 0.821. The van der Waals surface area contributed by atoms with E-state index in [9.17, 15) is 4.79 Å². The Morgan fingerprint density at radius 2 is 1.89 bits per heavy atom. The molecule has 0 bridgehead atoms. The van der Waals surface area contributed by atoms with Crippen molar-refractivity contribution < 1.29 is 24.1 Å². The molecule has 0 aliphatic heterocycles. The summed E-state index contributed by atoms with van der Waals surface area (Å²) >= 11 is 6.16. The van der Waals surface area contributed by atoms with Crippen LogP contribution in [0.25, 0.3) is 0 Å². The summed E-state index contributed by atoms with van der Waals surface area (Å²) in [5.41, 5.74) is 5.97. The number of halogens is 1. The maximum atomic E-state index is 10.9. The Balaban J connectivity index is 3.36. The number of hydrogen-bond acceptors (Lipinski definition) is 5. The fourth-order valence-corrected chi connectivity index (χ4v) is 1.95. The van der Waals surface area contributed by atoms with Gasteiger partial charge in [0.25, 0.3) is 0 Å². The summed E-state index contributed by atoms with van der Waals surface area (Å²) in [4.78, 5) is 10.9. The van der Waals surface area contributed by atoms with E-state index in [4.69, 9.17) is 36.7 Å². The highest BCUT2D eigenvalue weighted by atomic mass is 35.5. The minimum absolute atomic E-state index is 0.00486. The topological polar surface area (TPSA) is 91.0 Å². The Morgan fingerprint density at radius 1 is 1.32 bits per heavy atom. The van der Waals surface area contributed by atoms with E-state index in [-0.39, 0.29) is 11.4 Å². The minimum atomic E-state index is -1.13. The SMILES string of the molecule is COc1cc(OC)c(OC)c(CC(N)C(=O)O)c1Cl. The van der Waals surface area contributed by atoms with Gasteiger partial charge in [0, 0.05) is 18.1 Å². The molecule has 0 saturated carbocycles. The zero-order valence-corrected chi connectivity index (χ0v) is 11.7. The van der Waals surface area contributed by atoms with Gasteiger partial charge < -0.3 is 25.1 Å². The lowest BCUT2D eigenvalue weighted by Gasteiger charge is -2.18. The lowest BCUT2D eigenvalue weighted by atomic mass is 10.0. The largest absolute Gasteiger partial charge is 0.495 e. The van der Waals surface area contributed by atoms with E-state index >= 15 is 0 Å². The predicted molar refractivity (Wildman–Crippen MR) is 70.4 cm³/mol. The number of carbonyl (C=O) groups is 1. The smallest absolute Gasteiger partial charge is 0.320 e. The van der Waals surface area contributed by atoms with Crippen molar-refractivity contribution in [3.8, 4) is 17.2 Å². The van der Waals surface area contributed by atoms with Gasteiger partial charge in [-0.1, -0.05) is 11.6 Å². The Bertz CT molecular complexity index is 478. The molecular weight excluding hydrogens is 274 g/mol. The standard InChI is InChI=1S/C12H16ClNO5/c1-17-8-5-9(18-2)11(19-3)6(10(8)13)4-7(14)12(15)16/h5,7H,4,14H2,1-3H3,(H,15,16).